The molecule has 1 saturated heterocycles. The highest BCUT2D eigenvalue weighted by atomic mass is 35.5. The van der Waals surface area contributed by atoms with E-state index >= 15 is 0 Å². The monoisotopic (exact) mass is 513 g/mol. The van der Waals surface area contributed by atoms with Crippen molar-refractivity contribution in [1.82, 2.24) is 4.90 Å². The SMILES string of the molecule is CCCCN1C(=NC23CC4CC(CC(C4)C2)C3)SCC1N(C(C)=O)c1ccc(Cl)cc1F.Cl. The van der Waals surface area contributed by atoms with Gasteiger partial charge in [0.25, 0.3) is 0 Å². The Kier molecular flexibility index (Phi) is 7.57. The van der Waals surface area contributed by atoms with Gasteiger partial charge in [-0.15, -0.1) is 12.4 Å². The van der Waals surface area contributed by atoms with Gasteiger partial charge >= 0.3 is 0 Å². The van der Waals surface area contributed by atoms with Gasteiger partial charge in [0, 0.05) is 24.2 Å². The summed E-state index contributed by atoms with van der Waals surface area (Å²) in [6.45, 7) is 4.53. The number of aliphatic imine (C=N–C) groups is 1. The van der Waals surface area contributed by atoms with Crippen molar-refractivity contribution < 1.29 is 9.18 Å². The van der Waals surface area contributed by atoms with Crippen molar-refractivity contribution in [3.8, 4) is 0 Å². The summed E-state index contributed by atoms with van der Waals surface area (Å²) in [5.41, 5.74) is 0.383. The smallest absolute Gasteiger partial charge is 0.225 e. The van der Waals surface area contributed by atoms with Crippen LogP contribution in [0.5, 0.6) is 0 Å². The summed E-state index contributed by atoms with van der Waals surface area (Å²) in [5.74, 6) is 2.61. The second kappa shape index (κ2) is 9.94. The van der Waals surface area contributed by atoms with Crippen LogP contribution in [0.3, 0.4) is 0 Å². The van der Waals surface area contributed by atoms with Gasteiger partial charge < -0.3 is 4.90 Å². The lowest BCUT2D eigenvalue weighted by molar-refractivity contribution is -0.117. The van der Waals surface area contributed by atoms with E-state index in [-0.39, 0.29) is 30.0 Å². The molecular formula is C25H34Cl2FN3OS. The van der Waals surface area contributed by atoms with Gasteiger partial charge in [-0.1, -0.05) is 36.7 Å². The van der Waals surface area contributed by atoms with Crippen LogP contribution >= 0.6 is 35.8 Å². The lowest BCUT2D eigenvalue weighted by Crippen LogP contribution is -2.52. The molecule has 1 aromatic rings. The fourth-order valence-corrected chi connectivity index (χ4v) is 8.38. The van der Waals surface area contributed by atoms with Crippen molar-refractivity contribution in [2.24, 2.45) is 22.7 Å². The molecule has 4 nitrogen and oxygen atoms in total. The summed E-state index contributed by atoms with van der Waals surface area (Å²) in [6, 6.07) is 4.56. The molecule has 1 unspecified atom stereocenters. The number of nitrogens with zero attached hydrogens (tertiary/aromatic N) is 3. The first-order valence-corrected chi connectivity index (χ1v) is 13.5. The molecule has 0 aromatic heterocycles. The third-order valence-corrected chi connectivity index (χ3v) is 9.15. The molecule has 33 heavy (non-hydrogen) atoms. The lowest BCUT2D eigenvalue weighted by Gasteiger charge is -2.55. The minimum absolute atomic E-state index is 0. The lowest BCUT2D eigenvalue weighted by atomic mass is 9.53. The molecule has 6 rings (SSSR count). The Balaban J connectivity index is 0.00000259. The van der Waals surface area contributed by atoms with Crippen LogP contribution in [0.1, 0.15) is 65.2 Å². The normalized spacial score (nSPS) is 33.5. The van der Waals surface area contributed by atoms with Crippen LogP contribution in [-0.4, -0.2) is 40.0 Å². The van der Waals surface area contributed by atoms with Crippen LogP contribution in [0, 0.1) is 23.6 Å². The van der Waals surface area contributed by atoms with Gasteiger partial charge in [-0.25, -0.2) is 4.39 Å². The Morgan fingerprint density at radius 1 is 1.24 bits per heavy atom. The van der Waals surface area contributed by atoms with E-state index in [9.17, 15) is 9.18 Å². The molecule has 4 bridgehead atoms. The third kappa shape index (κ3) is 4.90. The highest BCUT2D eigenvalue weighted by Crippen LogP contribution is 2.57. The number of carbonyl (C=O) groups is 1. The molecule has 0 radical (unpaired) electrons. The van der Waals surface area contributed by atoms with Crippen LogP contribution in [0.2, 0.25) is 5.02 Å². The first-order valence-electron chi connectivity index (χ1n) is 12.1. The summed E-state index contributed by atoms with van der Waals surface area (Å²) < 4.78 is 14.8. The Morgan fingerprint density at radius 3 is 2.42 bits per heavy atom. The van der Waals surface area contributed by atoms with E-state index in [1.807, 2.05) is 0 Å². The highest BCUT2D eigenvalue weighted by molar-refractivity contribution is 8.14. The van der Waals surface area contributed by atoms with Crippen LogP contribution in [-0.2, 0) is 4.79 Å². The Hall–Kier alpha value is -0.980. The average Bonchev–Trinajstić information content (AvgIpc) is 3.08. The molecule has 182 valence electrons. The molecule has 1 atom stereocenters. The molecule has 8 heteroatoms. The maximum atomic E-state index is 14.8. The summed E-state index contributed by atoms with van der Waals surface area (Å²) >= 11 is 7.72. The van der Waals surface area contributed by atoms with Crippen molar-refractivity contribution in [3.05, 3.63) is 29.0 Å². The topological polar surface area (TPSA) is 35.9 Å². The second-order valence-electron chi connectivity index (χ2n) is 10.4. The number of hydrogen-bond acceptors (Lipinski definition) is 3. The van der Waals surface area contributed by atoms with Gasteiger partial charge in [0.2, 0.25) is 5.91 Å². The van der Waals surface area contributed by atoms with Gasteiger partial charge in [-0.3, -0.25) is 14.7 Å². The molecule has 1 heterocycles. The van der Waals surface area contributed by atoms with E-state index in [0.29, 0.717) is 16.5 Å². The third-order valence-electron chi connectivity index (χ3n) is 7.86. The van der Waals surface area contributed by atoms with Gasteiger partial charge in [0.1, 0.15) is 12.0 Å². The van der Waals surface area contributed by atoms with Crippen molar-refractivity contribution in [3.63, 3.8) is 0 Å². The Morgan fingerprint density at radius 2 is 1.88 bits per heavy atom. The summed E-state index contributed by atoms with van der Waals surface area (Å²) in [7, 11) is 0. The molecule has 5 aliphatic rings. The average molecular weight is 515 g/mol. The molecule has 1 aromatic carbocycles. The maximum Gasteiger partial charge on any atom is 0.225 e. The van der Waals surface area contributed by atoms with E-state index < -0.39 is 5.82 Å². The van der Waals surface area contributed by atoms with Crippen LogP contribution in [0.15, 0.2) is 23.2 Å². The van der Waals surface area contributed by atoms with E-state index in [4.69, 9.17) is 16.6 Å². The van der Waals surface area contributed by atoms with Crippen LogP contribution in [0.4, 0.5) is 10.1 Å². The molecule has 0 spiro atoms. The number of rotatable bonds is 6. The quantitative estimate of drug-likeness (QED) is 0.421. The zero-order valence-electron chi connectivity index (χ0n) is 19.4. The maximum absolute atomic E-state index is 14.8. The molecule has 4 aliphatic carbocycles. The van der Waals surface area contributed by atoms with Gasteiger partial charge in [-0.2, -0.15) is 0 Å². The number of halogens is 3. The number of amidine groups is 1. The fraction of sp³-hybridized carbons (Fsp3) is 0.680. The standard InChI is InChI=1S/C25H33ClFN3OS.ClH/c1-3-4-7-29-23(30(16(2)31)22-6-5-20(26)11-21(22)27)15-32-24(29)28-25-12-17-8-18(13-25)10-19(9-17)14-25;/h5-6,11,17-19,23H,3-4,7-10,12-15H2,1-2H3;1H. The van der Waals surface area contributed by atoms with Crippen LogP contribution < -0.4 is 4.90 Å². The van der Waals surface area contributed by atoms with E-state index in [1.54, 1.807) is 28.8 Å². The Bertz CT molecular complexity index is 892. The van der Waals surface area contributed by atoms with E-state index in [0.717, 1.165) is 42.3 Å². The highest BCUT2D eigenvalue weighted by Gasteiger charge is 2.52. The molecule has 0 N–H and O–H groups in total. The summed E-state index contributed by atoms with van der Waals surface area (Å²) in [5, 5.41) is 1.40. The fourth-order valence-electron chi connectivity index (χ4n) is 6.95. The van der Waals surface area contributed by atoms with Gasteiger partial charge in [-0.05, 0) is 80.9 Å². The molecule has 1 aliphatic heterocycles. The van der Waals surface area contributed by atoms with Crippen molar-refractivity contribution in [1.29, 1.82) is 0 Å². The largest absolute Gasteiger partial charge is 0.330 e. The van der Waals surface area contributed by atoms with E-state index in [1.165, 1.54) is 51.5 Å². The minimum Gasteiger partial charge on any atom is -0.330 e. The second-order valence-corrected chi connectivity index (χ2v) is 11.8. The zero-order valence-corrected chi connectivity index (χ0v) is 21.8. The van der Waals surface area contributed by atoms with Crippen molar-refractivity contribution in [2.45, 2.75) is 76.9 Å². The predicted octanol–water partition coefficient (Wildman–Crippen LogP) is 6.75. The summed E-state index contributed by atoms with van der Waals surface area (Å²) in [6.07, 6.45) is 9.70. The zero-order chi connectivity index (χ0) is 22.5. The number of carbonyl (C=O) groups excluding carboxylic acids is 1. The number of anilines is 1. The molecule has 1 amide bonds. The first kappa shape index (κ1) is 25.1. The number of hydrogen-bond donors (Lipinski definition) is 0. The van der Waals surface area contributed by atoms with E-state index in [2.05, 4.69) is 11.8 Å². The number of thioether (sulfide) groups is 1. The number of unbranched alkanes of at least 4 members (excludes halogenated alkanes) is 1. The van der Waals surface area contributed by atoms with Crippen molar-refractivity contribution >= 4 is 52.5 Å². The molecule has 5 fully saturated rings. The predicted molar refractivity (Wildman–Crippen MR) is 138 cm³/mol. The number of amides is 1. The minimum atomic E-state index is -0.459. The van der Waals surface area contributed by atoms with Crippen LogP contribution in [0.25, 0.3) is 0 Å². The Labute approximate surface area is 212 Å². The number of benzene rings is 1. The first-order chi connectivity index (χ1) is 15.4. The summed E-state index contributed by atoms with van der Waals surface area (Å²) in [4.78, 5) is 22.1. The molecule has 4 saturated carbocycles. The van der Waals surface area contributed by atoms with Crippen molar-refractivity contribution in [2.75, 3.05) is 17.2 Å². The van der Waals surface area contributed by atoms with Gasteiger partial charge in [0.05, 0.1) is 11.2 Å². The molecular weight excluding hydrogens is 480 g/mol. The van der Waals surface area contributed by atoms with Gasteiger partial charge in [0.15, 0.2) is 5.17 Å².